The fourth-order valence-corrected chi connectivity index (χ4v) is 2.99. The molecule has 5 atom stereocenters. The van der Waals surface area contributed by atoms with E-state index in [1.807, 2.05) is 0 Å². The van der Waals surface area contributed by atoms with E-state index >= 15 is 0 Å². The van der Waals surface area contributed by atoms with Crippen LogP contribution in [-0.2, 0) is 4.74 Å². The lowest BCUT2D eigenvalue weighted by molar-refractivity contribution is -0.0417. The predicted molar refractivity (Wildman–Crippen MR) is 79.5 cm³/mol. The molecule has 1 heterocycles. The Kier molecular flexibility index (Phi) is 8.69. The molecule has 20 heavy (non-hydrogen) atoms. The molecule has 1 fully saturated rings. The molecule has 1 saturated heterocycles. The van der Waals surface area contributed by atoms with Crippen molar-refractivity contribution in [1.82, 2.24) is 0 Å². The highest BCUT2D eigenvalue weighted by molar-refractivity contribution is 4.92. The zero-order valence-corrected chi connectivity index (χ0v) is 13.0. The molecular formula is C16H32O4. The van der Waals surface area contributed by atoms with Gasteiger partial charge in [-0.15, -0.1) is 0 Å². The van der Waals surface area contributed by atoms with E-state index < -0.39 is 18.3 Å². The highest BCUT2D eigenvalue weighted by atomic mass is 16.6. The van der Waals surface area contributed by atoms with Crippen molar-refractivity contribution in [3.63, 3.8) is 0 Å². The Morgan fingerprint density at radius 1 is 0.950 bits per heavy atom. The highest BCUT2D eigenvalue weighted by Gasteiger charge is 2.44. The van der Waals surface area contributed by atoms with Gasteiger partial charge >= 0.3 is 0 Å². The van der Waals surface area contributed by atoms with Crippen LogP contribution in [0, 0.1) is 5.92 Å². The quantitative estimate of drug-likeness (QED) is 0.539. The van der Waals surface area contributed by atoms with E-state index in [-0.39, 0.29) is 18.6 Å². The van der Waals surface area contributed by atoms with Gasteiger partial charge in [0.15, 0.2) is 0 Å². The summed E-state index contributed by atoms with van der Waals surface area (Å²) in [5.74, 6) is 0.215. The van der Waals surface area contributed by atoms with Crippen LogP contribution in [0.15, 0.2) is 0 Å². The monoisotopic (exact) mass is 288 g/mol. The average Bonchev–Trinajstić information content (AvgIpc) is 2.74. The van der Waals surface area contributed by atoms with Gasteiger partial charge in [0.05, 0.1) is 12.7 Å². The van der Waals surface area contributed by atoms with E-state index in [9.17, 15) is 10.2 Å². The molecule has 0 aromatic heterocycles. The van der Waals surface area contributed by atoms with Gasteiger partial charge in [-0.1, -0.05) is 58.8 Å². The van der Waals surface area contributed by atoms with E-state index in [1.165, 1.54) is 38.5 Å². The molecule has 4 nitrogen and oxygen atoms in total. The van der Waals surface area contributed by atoms with Gasteiger partial charge in [0.2, 0.25) is 0 Å². The van der Waals surface area contributed by atoms with Crippen LogP contribution in [0.25, 0.3) is 0 Å². The number of rotatable bonds is 10. The minimum absolute atomic E-state index is 0.215. The SMILES string of the molecule is CCCCCCCCCC(C)[C@@H]1O[C@H](CO)[C@@H](O)[C@@H]1O. The third-order valence-electron chi connectivity index (χ3n) is 4.40. The predicted octanol–water partition coefficient (Wildman–Crippen LogP) is 2.24. The molecule has 0 aromatic carbocycles. The summed E-state index contributed by atoms with van der Waals surface area (Å²) in [4.78, 5) is 0. The number of hydrogen-bond donors (Lipinski definition) is 3. The Balaban J connectivity index is 2.15. The third-order valence-corrected chi connectivity index (χ3v) is 4.40. The van der Waals surface area contributed by atoms with E-state index in [1.54, 1.807) is 0 Å². The first kappa shape index (κ1) is 17.9. The summed E-state index contributed by atoms with van der Waals surface area (Å²) in [5, 5.41) is 28.8. The first-order valence-electron chi connectivity index (χ1n) is 8.24. The molecule has 3 N–H and O–H groups in total. The van der Waals surface area contributed by atoms with Crippen molar-refractivity contribution >= 4 is 0 Å². The molecular weight excluding hydrogens is 256 g/mol. The van der Waals surface area contributed by atoms with Crippen molar-refractivity contribution < 1.29 is 20.1 Å². The van der Waals surface area contributed by atoms with Gasteiger partial charge < -0.3 is 20.1 Å². The van der Waals surface area contributed by atoms with Crippen LogP contribution in [0.5, 0.6) is 0 Å². The normalized spacial score (nSPS) is 31.6. The van der Waals surface area contributed by atoms with Gasteiger partial charge in [-0.25, -0.2) is 0 Å². The Morgan fingerprint density at radius 2 is 1.55 bits per heavy atom. The van der Waals surface area contributed by atoms with Crippen LogP contribution in [0.2, 0.25) is 0 Å². The minimum Gasteiger partial charge on any atom is -0.394 e. The molecule has 0 aromatic rings. The standard InChI is InChI=1S/C16H32O4/c1-3-4-5-6-7-8-9-10-12(2)16-15(19)14(18)13(11-17)20-16/h12-19H,3-11H2,1-2H3/t12?,13-,14-,15+,16+/m1/s1. The van der Waals surface area contributed by atoms with Crippen LogP contribution in [0.4, 0.5) is 0 Å². The molecule has 0 spiro atoms. The second-order valence-electron chi connectivity index (χ2n) is 6.19. The summed E-state index contributed by atoms with van der Waals surface area (Å²) in [5.41, 5.74) is 0. The Morgan fingerprint density at radius 3 is 2.10 bits per heavy atom. The van der Waals surface area contributed by atoms with Crippen molar-refractivity contribution in [2.45, 2.75) is 89.6 Å². The maximum Gasteiger partial charge on any atom is 0.111 e. The molecule has 120 valence electrons. The largest absolute Gasteiger partial charge is 0.394 e. The maximum absolute atomic E-state index is 9.94. The summed E-state index contributed by atoms with van der Waals surface area (Å²) in [6, 6.07) is 0. The van der Waals surface area contributed by atoms with E-state index in [2.05, 4.69) is 13.8 Å². The van der Waals surface area contributed by atoms with Gasteiger partial charge in [-0.3, -0.25) is 0 Å². The highest BCUT2D eigenvalue weighted by Crippen LogP contribution is 2.29. The van der Waals surface area contributed by atoms with Crippen LogP contribution >= 0.6 is 0 Å². The summed E-state index contributed by atoms with van der Waals surface area (Å²) < 4.78 is 5.56. The molecule has 1 aliphatic heterocycles. The molecule has 0 aliphatic carbocycles. The minimum atomic E-state index is -0.957. The van der Waals surface area contributed by atoms with Crippen molar-refractivity contribution in [3.05, 3.63) is 0 Å². The van der Waals surface area contributed by atoms with E-state index in [4.69, 9.17) is 9.84 Å². The fraction of sp³-hybridized carbons (Fsp3) is 1.00. The number of hydrogen-bond acceptors (Lipinski definition) is 4. The average molecular weight is 288 g/mol. The molecule has 1 unspecified atom stereocenters. The van der Waals surface area contributed by atoms with Gasteiger partial charge in [-0.05, 0) is 12.3 Å². The molecule has 1 aliphatic rings. The molecule has 0 bridgehead atoms. The van der Waals surface area contributed by atoms with E-state index in [0.29, 0.717) is 0 Å². The lowest BCUT2D eigenvalue weighted by Gasteiger charge is -2.22. The molecule has 4 heteroatoms. The Hall–Kier alpha value is -0.160. The Labute approximate surface area is 123 Å². The van der Waals surface area contributed by atoms with Crippen molar-refractivity contribution in [2.75, 3.05) is 6.61 Å². The van der Waals surface area contributed by atoms with Crippen LogP contribution in [0.3, 0.4) is 0 Å². The number of aliphatic hydroxyl groups is 3. The summed E-state index contributed by atoms with van der Waals surface area (Å²) in [7, 11) is 0. The van der Waals surface area contributed by atoms with Gasteiger partial charge in [0, 0.05) is 0 Å². The van der Waals surface area contributed by atoms with Crippen molar-refractivity contribution in [2.24, 2.45) is 5.92 Å². The van der Waals surface area contributed by atoms with Gasteiger partial charge in [-0.2, -0.15) is 0 Å². The Bertz CT molecular complexity index is 247. The molecule has 0 radical (unpaired) electrons. The summed E-state index contributed by atoms with van der Waals surface area (Å²) >= 11 is 0. The topological polar surface area (TPSA) is 69.9 Å². The smallest absolute Gasteiger partial charge is 0.111 e. The third kappa shape index (κ3) is 5.32. The maximum atomic E-state index is 9.94. The second-order valence-corrected chi connectivity index (χ2v) is 6.19. The number of ether oxygens (including phenoxy) is 1. The number of unbranched alkanes of at least 4 members (excludes halogenated alkanes) is 6. The molecule has 0 amide bonds. The zero-order chi connectivity index (χ0) is 15.0. The lowest BCUT2D eigenvalue weighted by atomic mass is 9.92. The first-order valence-corrected chi connectivity index (χ1v) is 8.24. The van der Waals surface area contributed by atoms with E-state index in [0.717, 1.165) is 12.8 Å². The van der Waals surface area contributed by atoms with Crippen LogP contribution in [-0.4, -0.2) is 46.3 Å². The van der Waals surface area contributed by atoms with Crippen LogP contribution in [0.1, 0.15) is 65.2 Å². The van der Waals surface area contributed by atoms with Gasteiger partial charge in [0.1, 0.15) is 18.3 Å². The van der Waals surface area contributed by atoms with Crippen molar-refractivity contribution in [1.29, 1.82) is 0 Å². The molecule has 0 saturated carbocycles. The lowest BCUT2D eigenvalue weighted by Crippen LogP contribution is -2.35. The second kappa shape index (κ2) is 9.72. The fourth-order valence-electron chi connectivity index (χ4n) is 2.99. The van der Waals surface area contributed by atoms with Crippen molar-refractivity contribution in [3.8, 4) is 0 Å². The number of aliphatic hydroxyl groups excluding tert-OH is 3. The first-order chi connectivity index (χ1) is 9.61. The zero-order valence-electron chi connectivity index (χ0n) is 13.0. The summed E-state index contributed by atoms with van der Waals surface area (Å²) in [6.07, 6.45) is 7.10. The van der Waals surface area contributed by atoms with Crippen LogP contribution < -0.4 is 0 Å². The molecule has 1 rings (SSSR count). The van der Waals surface area contributed by atoms with Gasteiger partial charge in [0.25, 0.3) is 0 Å². The summed E-state index contributed by atoms with van der Waals surface area (Å²) in [6.45, 7) is 4.04.